The van der Waals surface area contributed by atoms with Crippen LogP contribution in [0.25, 0.3) is 0 Å². The van der Waals surface area contributed by atoms with Gasteiger partial charge in [-0.2, -0.15) is 0 Å². The molecule has 58 valence electrons. The monoisotopic (exact) mass is 164 g/mol. The molecule has 1 atom stereocenters. The van der Waals surface area contributed by atoms with Crippen molar-refractivity contribution in [3.63, 3.8) is 0 Å². The van der Waals surface area contributed by atoms with Gasteiger partial charge in [0, 0.05) is 6.42 Å². The number of hydrogen-bond acceptors (Lipinski definition) is 3. The minimum absolute atomic E-state index is 0.00733. The van der Waals surface area contributed by atoms with E-state index in [0.29, 0.717) is 0 Å². The van der Waals surface area contributed by atoms with E-state index in [1.807, 2.05) is 0 Å². The summed E-state index contributed by atoms with van der Waals surface area (Å²) in [5.41, 5.74) is 0. The second-order valence-corrected chi connectivity index (χ2v) is 3.35. The Morgan fingerprint density at radius 1 is 1.70 bits per heavy atom. The Hall–Kier alpha value is -0.470. The van der Waals surface area contributed by atoms with Crippen molar-refractivity contribution in [2.24, 2.45) is 0 Å². The lowest BCUT2D eigenvalue weighted by Crippen LogP contribution is -2.16. The van der Waals surface area contributed by atoms with Crippen LogP contribution in [0, 0.1) is 0 Å². The highest BCUT2D eigenvalue weighted by Crippen LogP contribution is 2.23. The van der Waals surface area contributed by atoms with Crippen LogP contribution in [-0.4, -0.2) is 21.5 Å². The fourth-order valence-electron chi connectivity index (χ4n) is 0.389. The molecule has 4 nitrogen and oxygen atoms in total. The molecule has 0 spiro atoms. The molecule has 0 amide bonds. The lowest BCUT2D eigenvalue weighted by molar-refractivity contribution is -0.137. The summed E-state index contributed by atoms with van der Waals surface area (Å²) in [7, 11) is -0.431. The molecule has 0 radical (unpaired) electrons. The quantitative estimate of drug-likeness (QED) is 0.604. The average Bonchev–Trinajstić information content (AvgIpc) is 1.85. The van der Waals surface area contributed by atoms with E-state index in [0.717, 1.165) is 0 Å². The predicted octanol–water partition coefficient (Wildman–Crippen LogP) is 0.851. The van der Waals surface area contributed by atoms with Crippen molar-refractivity contribution < 1.29 is 19.6 Å². The van der Waals surface area contributed by atoms with Crippen LogP contribution in [0.4, 0.5) is 0 Å². The van der Waals surface area contributed by atoms with Gasteiger partial charge in [0.15, 0.2) is 8.46 Å². The van der Waals surface area contributed by atoms with Crippen LogP contribution >= 0.6 is 8.46 Å². The largest absolute Gasteiger partial charge is 0.481 e. The Labute approximate surface area is 60.1 Å². The van der Waals surface area contributed by atoms with Gasteiger partial charge >= 0.3 is 5.97 Å². The smallest absolute Gasteiger partial charge is 0.303 e. The third-order valence-corrected chi connectivity index (χ3v) is 1.63. The molecule has 0 aromatic heterocycles. The van der Waals surface area contributed by atoms with Crippen LogP contribution in [-0.2, 0) is 9.36 Å². The van der Waals surface area contributed by atoms with Crippen LogP contribution in [0.5, 0.6) is 0 Å². The molecule has 0 bridgehead atoms. The molecule has 0 saturated carbocycles. The van der Waals surface area contributed by atoms with Crippen LogP contribution < -0.4 is 0 Å². The Kier molecular flexibility index (Phi) is 3.47. The lowest BCUT2D eigenvalue weighted by Gasteiger charge is -2.11. The third-order valence-electron chi connectivity index (χ3n) is 1.01. The molecule has 0 aliphatic rings. The second-order valence-electron chi connectivity index (χ2n) is 2.20. The molecule has 5 heteroatoms. The molecule has 0 aliphatic carbocycles. The summed E-state index contributed by atoms with van der Waals surface area (Å²) >= 11 is 0. The number of aliphatic hydroxyl groups is 1. The van der Waals surface area contributed by atoms with Crippen molar-refractivity contribution in [2.45, 2.75) is 25.1 Å². The lowest BCUT2D eigenvalue weighted by atomic mass is 10.2. The van der Waals surface area contributed by atoms with Gasteiger partial charge in [-0.25, -0.2) is 0 Å². The van der Waals surface area contributed by atoms with Gasteiger partial charge in [-0.1, -0.05) is 0 Å². The van der Waals surface area contributed by atoms with Gasteiger partial charge in [0.2, 0.25) is 0 Å². The molecule has 0 fully saturated rings. The van der Waals surface area contributed by atoms with Crippen molar-refractivity contribution >= 4 is 14.4 Å². The van der Waals surface area contributed by atoms with E-state index in [1.165, 1.54) is 6.92 Å². The third kappa shape index (κ3) is 4.41. The second kappa shape index (κ2) is 3.64. The van der Waals surface area contributed by atoms with E-state index in [4.69, 9.17) is 10.2 Å². The number of hydrogen-bond donors (Lipinski definition) is 2. The highest BCUT2D eigenvalue weighted by Gasteiger charge is 2.21. The summed E-state index contributed by atoms with van der Waals surface area (Å²) in [6, 6.07) is 0. The van der Waals surface area contributed by atoms with Crippen molar-refractivity contribution in [2.75, 3.05) is 0 Å². The molecule has 2 N–H and O–H groups in total. The molecule has 10 heavy (non-hydrogen) atoms. The molecule has 0 aliphatic heterocycles. The fourth-order valence-corrected chi connectivity index (χ4v) is 0.592. The molecule has 1 unspecified atom stereocenters. The first-order chi connectivity index (χ1) is 4.48. The maximum absolute atomic E-state index is 10.1. The minimum Gasteiger partial charge on any atom is -0.481 e. The highest BCUT2D eigenvalue weighted by atomic mass is 31.1. The van der Waals surface area contributed by atoms with Gasteiger partial charge in [0.05, 0.1) is 0 Å². The van der Waals surface area contributed by atoms with Gasteiger partial charge in [-0.05, 0) is 13.3 Å². The van der Waals surface area contributed by atoms with Crippen molar-refractivity contribution in [3.8, 4) is 0 Å². The zero-order chi connectivity index (χ0) is 8.20. The van der Waals surface area contributed by atoms with E-state index in [1.54, 1.807) is 0 Å². The summed E-state index contributed by atoms with van der Waals surface area (Å²) in [6.07, 6.45) is -0.157. The molecular weight excluding hydrogens is 155 g/mol. The minimum atomic E-state index is -1.39. The van der Waals surface area contributed by atoms with Crippen molar-refractivity contribution in [1.29, 1.82) is 0 Å². The molecule has 0 aromatic rings. The van der Waals surface area contributed by atoms with Crippen LogP contribution in [0.15, 0.2) is 0 Å². The average molecular weight is 164 g/mol. The van der Waals surface area contributed by atoms with Gasteiger partial charge < -0.3 is 10.2 Å². The Bertz CT molecular complexity index is 143. The van der Waals surface area contributed by atoms with Crippen molar-refractivity contribution in [3.05, 3.63) is 0 Å². The fraction of sp³-hybridized carbons (Fsp3) is 0.800. The number of carboxylic acids is 1. The summed E-state index contributed by atoms with van der Waals surface area (Å²) in [4.78, 5) is 9.95. The maximum atomic E-state index is 10.1. The van der Waals surface area contributed by atoms with Crippen LogP contribution in [0.3, 0.4) is 0 Å². The predicted molar refractivity (Wildman–Crippen MR) is 35.1 cm³/mol. The molecule has 0 heterocycles. The first kappa shape index (κ1) is 9.53. The first-order valence-corrected chi connectivity index (χ1v) is 3.58. The number of carbonyl (C=O) groups is 1. The van der Waals surface area contributed by atoms with E-state index in [-0.39, 0.29) is 12.8 Å². The number of carboxylic acid groups (broad SMARTS) is 1. The molecule has 0 rings (SSSR count). The van der Waals surface area contributed by atoms with Gasteiger partial charge in [0.1, 0.15) is 5.34 Å². The molecular formula is C5H9O4P. The van der Waals surface area contributed by atoms with E-state index in [9.17, 15) is 9.36 Å². The maximum Gasteiger partial charge on any atom is 0.303 e. The Morgan fingerprint density at radius 2 is 2.20 bits per heavy atom. The normalized spacial score (nSPS) is 16.6. The first-order valence-electron chi connectivity index (χ1n) is 2.76. The van der Waals surface area contributed by atoms with Gasteiger partial charge in [0.25, 0.3) is 0 Å². The van der Waals surface area contributed by atoms with E-state index < -0.39 is 19.8 Å². The topological polar surface area (TPSA) is 74.6 Å². The van der Waals surface area contributed by atoms with E-state index >= 15 is 0 Å². The molecule has 0 saturated heterocycles. The summed E-state index contributed by atoms with van der Waals surface area (Å²) < 4.78 is 10.1. The Morgan fingerprint density at radius 3 is 2.50 bits per heavy atom. The molecule has 0 aromatic carbocycles. The van der Waals surface area contributed by atoms with Crippen LogP contribution in [0.2, 0.25) is 0 Å². The zero-order valence-electron chi connectivity index (χ0n) is 5.57. The highest BCUT2D eigenvalue weighted by molar-refractivity contribution is 7.25. The zero-order valence-corrected chi connectivity index (χ0v) is 6.47. The summed E-state index contributed by atoms with van der Waals surface area (Å²) in [5.74, 6) is -0.996. The van der Waals surface area contributed by atoms with Crippen LogP contribution in [0.1, 0.15) is 19.8 Å². The van der Waals surface area contributed by atoms with Gasteiger partial charge in [-0.3, -0.25) is 9.36 Å². The SMILES string of the molecule is CC(O)(CCC(=O)O)P=O. The number of rotatable bonds is 4. The summed E-state index contributed by atoms with van der Waals surface area (Å²) in [5, 5.41) is 15.7. The summed E-state index contributed by atoms with van der Waals surface area (Å²) in [6.45, 7) is 1.32. The number of aliphatic carboxylic acids is 1. The standard InChI is InChI=1S/C5H9O4P/c1-5(8,10-9)3-2-4(6)7/h8H,2-3H2,1H3,(H,6,7). The van der Waals surface area contributed by atoms with Gasteiger partial charge in [-0.15, -0.1) is 0 Å². The van der Waals surface area contributed by atoms with Crippen molar-refractivity contribution in [1.82, 2.24) is 0 Å². The van der Waals surface area contributed by atoms with E-state index in [2.05, 4.69) is 0 Å². The Balaban J connectivity index is 3.67.